The van der Waals surface area contributed by atoms with E-state index < -0.39 is 21.9 Å². The van der Waals surface area contributed by atoms with Crippen LogP contribution in [0.5, 0.6) is 0 Å². The number of hydrogen-bond donors (Lipinski definition) is 1. The van der Waals surface area contributed by atoms with Crippen molar-refractivity contribution in [3.05, 3.63) is 29.1 Å². The zero-order valence-corrected chi connectivity index (χ0v) is 12.2. The lowest BCUT2D eigenvalue weighted by molar-refractivity contribution is 0.0362. The molecule has 0 radical (unpaired) electrons. The second kappa shape index (κ2) is 4.75. The van der Waals surface area contributed by atoms with Gasteiger partial charge in [-0.3, -0.25) is 0 Å². The van der Waals surface area contributed by atoms with Gasteiger partial charge in [0.25, 0.3) is 0 Å². The standard InChI is InChI=1S/C13H13NO4S2/c14-9-1-2-11-8(5-9)6-12(19-11)13(15)18-10-3-4-20(16,17)7-10/h1-2,5-6,10H,3-4,7,14H2. The summed E-state index contributed by atoms with van der Waals surface area (Å²) in [6.07, 6.45) is -0.144. The Morgan fingerprint density at radius 2 is 2.15 bits per heavy atom. The van der Waals surface area contributed by atoms with Gasteiger partial charge < -0.3 is 10.5 Å². The first-order chi connectivity index (χ1) is 9.43. The molecule has 0 bridgehead atoms. The van der Waals surface area contributed by atoms with E-state index in [1.54, 1.807) is 18.2 Å². The van der Waals surface area contributed by atoms with Crippen LogP contribution in [0.2, 0.25) is 0 Å². The molecule has 1 aliphatic heterocycles. The molecule has 2 aromatic rings. The van der Waals surface area contributed by atoms with E-state index in [1.165, 1.54) is 11.3 Å². The number of fused-ring (bicyclic) bond motifs is 1. The fourth-order valence-corrected chi connectivity index (χ4v) is 4.74. The molecule has 2 N–H and O–H groups in total. The minimum absolute atomic E-state index is 0.0728. The van der Waals surface area contributed by atoms with Gasteiger partial charge >= 0.3 is 5.97 Å². The molecule has 1 saturated heterocycles. The van der Waals surface area contributed by atoms with Crippen molar-refractivity contribution in [1.29, 1.82) is 0 Å². The van der Waals surface area contributed by atoms with Crippen molar-refractivity contribution >= 4 is 42.9 Å². The molecule has 106 valence electrons. The third-order valence-electron chi connectivity index (χ3n) is 3.21. The molecule has 5 nitrogen and oxygen atoms in total. The first-order valence-corrected chi connectivity index (χ1v) is 8.77. The van der Waals surface area contributed by atoms with E-state index in [0.717, 1.165) is 10.1 Å². The number of ether oxygens (including phenoxy) is 1. The molecule has 1 aromatic heterocycles. The Kier molecular flexibility index (Phi) is 3.18. The lowest BCUT2D eigenvalue weighted by Crippen LogP contribution is -2.18. The number of thiophene rings is 1. The second-order valence-corrected chi connectivity index (χ2v) is 8.15. The maximum absolute atomic E-state index is 12.0. The molecule has 1 aliphatic rings. The van der Waals surface area contributed by atoms with Gasteiger partial charge in [-0.2, -0.15) is 0 Å². The normalized spacial score (nSPS) is 21.1. The fraction of sp³-hybridized carbons (Fsp3) is 0.308. The molecular weight excluding hydrogens is 298 g/mol. The zero-order valence-electron chi connectivity index (χ0n) is 10.5. The molecule has 1 atom stereocenters. The fourth-order valence-electron chi connectivity index (χ4n) is 2.23. The van der Waals surface area contributed by atoms with Crippen molar-refractivity contribution < 1.29 is 17.9 Å². The Labute approximate surface area is 120 Å². The molecule has 20 heavy (non-hydrogen) atoms. The monoisotopic (exact) mass is 311 g/mol. The largest absolute Gasteiger partial charge is 0.457 e. The van der Waals surface area contributed by atoms with Crippen LogP contribution in [0, 0.1) is 0 Å². The number of esters is 1. The SMILES string of the molecule is Nc1ccc2sc(C(=O)OC3CCS(=O)(=O)C3)cc2c1. The van der Waals surface area contributed by atoms with Gasteiger partial charge in [-0.05, 0) is 36.1 Å². The average molecular weight is 311 g/mol. The molecule has 0 spiro atoms. The maximum Gasteiger partial charge on any atom is 0.348 e. The number of nitrogen functional groups attached to an aromatic ring is 1. The third kappa shape index (κ3) is 2.64. The summed E-state index contributed by atoms with van der Waals surface area (Å²) < 4.78 is 28.9. The highest BCUT2D eigenvalue weighted by molar-refractivity contribution is 7.91. The molecule has 3 rings (SSSR count). The van der Waals surface area contributed by atoms with Crippen molar-refractivity contribution in [1.82, 2.24) is 0 Å². The summed E-state index contributed by atoms with van der Waals surface area (Å²) in [5.41, 5.74) is 6.33. The van der Waals surface area contributed by atoms with Gasteiger partial charge in [-0.25, -0.2) is 13.2 Å². The van der Waals surface area contributed by atoms with E-state index in [1.807, 2.05) is 6.07 Å². The highest BCUT2D eigenvalue weighted by atomic mass is 32.2. The molecule has 1 fully saturated rings. The number of hydrogen-bond acceptors (Lipinski definition) is 6. The smallest absolute Gasteiger partial charge is 0.348 e. The van der Waals surface area contributed by atoms with Gasteiger partial charge in [0.1, 0.15) is 11.0 Å². The predicted octanol–water partition coefficient (Wildman–Crippen LogP) is 1.83. The van der Waals surface area contributed by atoms with Crippen LogP contribution in [0.25, 0.3) is 10.1 Å². The van der Waals surface area contributed by atoms with Gasteiger partial charge in [0.2, 0.25) is 0 Å². The van der Waals surface area contributed by atoms with Crippen LogP contribution >= 0.6 is 11.3 Å². The summed E-state index contributed by atoms with van der Waals surface area (Å²) >= 11 is 1.32. The number of nitrogens with two attached hydrogens (primary N) is 1. The molecule has 0 aliphatic carbocycles. The van der Waals surface area contributed by atoms with Crippen LogP contribution in [0.15, 0.2) is 24.3 Å². The van der Waals surface area contributed by atoms with Crippen LogP contribution in [0.1, 0.15) is 16.1 Å². The molecule has 0 saturated carbocycles. The van der Waals surface area contributed by atoms with Crippen molar-refractivity contribution in [3.8, 4) is 0 Å². The summed E-state index contributed by atoms with van der Waals surface area (Å²) in [6.45, 7) is 0. The van der Waals surface area contributed by atoms with Gasteiger partial charge in [0, 0.05) is 10.4 Å². The zero-order chi connectivity index (χ0) is 14.3. The topological polar surface area (TPSA) is 86.5 Å². The number of rotatable bonds is 2. The highest BCUT2D eigenvalue weighted by Gasteiger charge is 2.31. The highest BCUT2D eigenvalue weighted by Crippen LogP contribution is 2.28. The lowest BCUT2D eigenvalue weighted by atomic mass is 10.2. The van der Waals surface area contributed by atoms with Crippen LogP contribution in [-0.2, 0) is 14.6 Å². The van der Waals surface area contributed by atoms with E-state index in [4.69, 9.17) is 10.5 Å². The Morgan fingerprint density at radius 1 is 1.35 bits per heavy atom. The summed E-state index contributed by atoms with van der Waals surface area (Å²) in [5.74, 6) is -0.448. The first-order valence-electron chi connectivity index (χ1n) is 6.13. The van der Waals surface area contributed by atoms with E-state index in [-0.39, 0.29) is 11.5 Å². The summed E-state index contributed by atoms with van der Waals surface area (Å²) in [4.78, 5) is 12.5. The van der Waals surface area contributed by atoms with Gasteiger partial charge in [-0.15, -0.1) is 11.3 Å². The van der Waals surface area contributed by atoms with E-state index in [0.29, 0.717) is 17.0 Å². The number of benzene rings is 1. The summed E-state index contributed by atoms with van der Waals surface area (Å²) in [7, 11) is -3.04. The van der Waals surface area contributed by atoms with Crippen molar-refractivity contribution in [2.24, 2.45) is 0 Å². The number of sulfone groups is 1. The van der Waals surface area contributed by atoms with Crippen LogP contribution < -0.4 is 5.73 Å². The Bertz CT molecular complexity index is 779. The number of carbonyl (C=O) groups is 1. The van der Waals surface area contributed by atoms with Gasteiger partial charge in [0.05, 0.1) is 11.5 Å². The predicted molar refractivity (Wildman–Crippen MR) is 78.7 cm³/mol. The molecule has 2 heterocycles. The van der Waals surface area contributed by atoms with Crippen molar-refractivity contribution in [2.75, 3.05) is 17.2 Å². The summed E-state index contributed by atoms with van der Waals surface area (Å²) in [5, 5.41) is 0.890. The summed E-state index contributed by atoms with van der Waals surface area (Å²) in [6, 6.07) is 7.15. The van der Waals surface area contributed by atoms with E-state index in [2.05, 4.69) is 0 Å². The van der Waals surface area contributed by atoms with Crippen molar-refractivity contribution in [3.63, 3.8) is 0 Å². The number of carbonyl (C=O) groups excluding carboxylic acids is 1. The lowest BCUT2D eigenvalue weighted by Gasteiger charge is -2.08. The Morgan fingerprint density at radius 3 is 2.85 bits per heavy atom. The Hall–Kier alpha value is -1.60. The minimum Gasteiger partial charge on any atom is -0.457 e. The maximum atomic E-state index is 12.0. The minimum atomic E-state index is -3.04. The molecule has 1 unspecified atom stereocenters. The molecule has 0 amide bonds. The van der Waals surface area contributed by atoms with Crippen molar-refractivity contribution in [2.45, 2.75) is 12.5 Å². The van der Waals surface area contributed by atoms with Crippen LogP contribution in [-0.4, -0.2) is 32.0 Å². The first kappa shape index (κ1) is 13.4. The van der Waals surface area contributed by atoms with E-state index in [9.17, 15) is 13.2 Å². The quantitative estimate of drug-likeness (QED) is 0.675. The van der Waals surface area contributed by atoms with Crippen LogP contribution in [0.4, 0.5) is 5.69 Å². The average Bonchev–Trinajstić information content (AvgIpc) is 2.92. The van der Waals surface area contributed by atoms with Gasteiger partial charge in [-0.1, -0.05) is 0 Å². The molecule has 1 aromatic carbocycles. The third-order valence-corrected chi connectivity index (χ3v) is 6.04. The van der Waals surface area contributed by atoms with E-state index >= 15 is 0 Å². The molecule has 7 heteroatoms. The van der Waals surface area contributed by atoms with Crippen LogP contribution in [0.3, 0.4) is 0 Å². The Balaban J connectivity index is 1.79. The number of anilines is 1. The van der Waals surface area contributed by atoms with Gasteiger partial charge in [0.15, 0.2) is 9.84 Å². The second-order valence-electron chi connectivity index (χ2n) is 4.84. The molecular formula is C13H13NO4S2.